The summed E-state index contributed by atoms with van der Waals surface area (Å²) in [5, 5.41) is 0. The normalized spacial score (nSPS) is 10.1. The van der Waals surface area contributed by atoms with Crippen LogP contribution < -0.4 is 5.73 Å². The summed E-state index contributed by atoms with van der Waals surface area (Å²) in [6.45, 7) is 0.152. The molecule has 0 saturated heterocycles. The van der Waals surface area contributed by atoms with Crippen LogP contribution in [0.2, 0.25) is 0 Å². The third kappa shape index (κ3) is 4.28. The van der Waals surface area contributed by atoms with Crippen molar-refractivity contribution in [3.05, 3.63) is 65.0 Å². The number of rotatable bonds is 3. The fourth-order valence-electron chi connectivity index (χ4n) is 1.66. The summed E-state index contributed by atoms with van der Waals surface area (Å²) in [7, 11) is 0. The zero-order chi connectivity index (χ0) is 15.2. The Labute approximate surface area is 125 Å². The van der Waals surface area contributed by atoms with E-state index in [2.05, 4.69) is 11.8 Å². The summed E-state index contributed by atoms with van der Waals surface area (Å²) in [4.78, 5) is 0.343. The van der Waals surface area contributed by atoms with Crippen molar-refractivity contribution in [3.8, 4) is 11.8 Å². The van der Waals surface area contributed by atoms with Gasteiger partial charge in [0.2, 0.25) is 0 Å². The van der Waals surface area contributed by atoms with E-state index >= 15 is 0 Å². The van der Waals surface area contributed by atoms with Gasteiger partial charge in [0, 0.05) is 16.7 Å². The molecule has 0 amide bonds. The zero-order valence-corrected chi connectivity index (χ0v) is 11.8. The summed E-state index contributed by atoms with van der Waals surface area (Å²) in [5.41, 5.74) is 6.32. The summed E-state index contributed by atoms with van der Waals surface area (Å²) in [5.74, 6) is 4.03. The van der Waals surface area contributed by atoms with Crippen LogP contribution in [0.4, 0.5) is 13.2 Å². The highest BCUT2D eigenvalue weighted by Gasteiger charge is 2.06. The van der Waals surface area contributed by atoms with Crippen LogP contribution in [0.25, 0.3) is 0 Å². The summed E-state index contributed by atoms with van der Waals surface area (Å²) >= 11 is 1.21. The fraction of sp³-hybridized carbons (Fsp3) is 0.125. The highest BCUT2D eigenvalue weighted by Crippen LogP contribution is 2.26. The molecule has 1 nitrogen and oxygen atoms in total. The van der Waals surface area contributed by atoms with Crippen LogP contribution in [0, 0.1) is 29.3 Å². The minimum Gasteiger partial charge on any atom is -0.320 e. The van der Waals surface area contributed by atoms with Crippen molar-refractivity contribution >= 4 is 11.8 Å². The van der Waals surface area contributed by atoms with E-state index in [1.807, 2.05) is 0 Å². The molecule has 0 spiro atoms. The Bertz CT molecular complexity index is 704. The Morgan fingerprint density at radius 1 is 1.00 bits per heavy atom. The Morgan fingerprint density at radius 2 is 1.81 bits per heavy atom. The number of hydrogen-bond acceptors (Lipinski definition) is 2. The maximum Gasteiger partial charge on any atom is 0.139 e. The van der Waals surface area contributed by atoms with E-state index in [9.17, 15) is 13.2 Å². The van der Waals surface area contributed by atoms with E-state index in [1.165, 1.54) is 30.0 Å². The molecule has 21 heavy (non-hydrogen) atoms. The van der Waals surface area contributed by atoms with Crippen LogP contribution in [-0.4, -0.2) is 6.54 Å². The molecule has 5 heteroatoms. The second-order valence-electron chi connectivity index (χ2n) is 4.18. The molecule has 0 aliphatic rings. The fourth-order valence-corrected chi connectivity index (χ4v) is 2.52. The van der Waals surface area contributed by atoms with Gasteiger partial charge >= 0.3 is 0 Å². The van der Waals surface area contributed by atoms with E-state index < -0.39 is 17.5 Å². The molecule has 2 N–H and O–H groups in total. The van der Waals surface area contributed by atoms with Crippen molar-refractivity contribution < 1.29 is 13.2 Å². The van der Waals surface area contributed by atoms with E-state index in [1.54, 1.807) is 12.1 Å². The van der Waals surface area contributed by atoms with E-state index in [0.29, 0.717) is 10.6 Å². The van der Waals surface area contributed by atoms with E-state index in [0.717, 1.165) is 11.6 Å². The van der Waals surface area contributed by atoms with Crippen LogP contribution >= 0.6 is 11.8 Å². The van der Waals surface area contributed by atoms with Crippen molar-refractivity contribution in [3.63, 3.8) is 0 Å². The third-order valence-electron chi connectivity index (χ3n) is 2.64. The lowest BCUT2D eigenvalue weighted by Crippen LogP contribution is -1.94. The number of halogens is 3. The molecule has 0 aliphatic carbocycles. The van der Waals surface area contributed by atoms with Gasteiger partial charge in [-0.3, -0.25) is 0 Å². The first-order valence-corrected chi connectivity index (χ1v) is 7.14. The molecule has 0 aromatic heterocycles. The van der Waals surface area contributed by atoms with E-state index in [4.69, 9.17) is 5.73 Å². The Balaban J connectivity index is 2.13. The number of nitrogens with two attached hydrogens (primary N) is 1. The zero-order valence-electron chi connectivity index (χ0n) is 11.0. The Hall–Kier alpha value is -1.90. The molecule has 0 atom stereocenters. The van der Waals surface area contributed by atoms with Crippen LogP contribution in [0.3, 0.4) is 0 Å². The predicted molar refractivity (Wildman–Crippen MR) is 78.3 cm³/mol. The monoisotopic (exact) mass is 307 g/mol. The van der Waals surface area contributed by atoms with Gasteiger partial charge in [-0.05, 0) is 29.8 Å². The van der Waals surface area contributed by atoms with Crippen molar-refractivity contribution in [2.45, 2.75) is 10.6 Å². The van der Waals surface area contributed by atoms with Crippen molar-refractivity contribution in [1.29, 1.82) is 0 Å². The Morgan fingerprint density at radius 3 is 2.52 bits per heavy atom. The Kier molecular flexibility index (Phi) is 5.32. The van der Waals surface area contributed by atoms with E-state index in [-0.39, 0.29) is 12.1 Å². The molecular weight excluding hydrogens is 295 g/mol. The lowest BCUT2D eigenvalue weighted by Gasteiger charge is -2.05. The van der Waals surface area contributed by atoms with Crippen LogP contribution in [0.1, 0.15) is 11.1 Å². The van der Waals surface area contributed by atoms with Gasteiger partial charge in [-0.1, -0.05) is 17.9 Å². The van der Waals surface area contributed by atoms with Crippen LogP contribution in [0.5, 0.6) is 0 Å². The summed E-state index contributed by atoms with van der Waals surface area (Å²) in [6.07, 6.45) is 0. The molecule has 108 valence electrons. The standard InChI is InChI=1S/C16H12F3NS/c17-13-4-6-16(15(19)9-13)21-10-11-3-5-14(18)12(8-11)2-1-7-20/h3-6,8-9H,7,10,20H2. The maximum absolute atomic E-state index is 13.5. The molecule has 0 heterocycles. The van der Waals surface area contributed by atoms with Crippen LogP contribution in [0.15, 0.2) is 41.3 Å². The quantitative estimate of drug-likeness (QED) is 0.691. The van der Waals surface area contributed by atoms with Gasteiger partial charge in [0.25, 0.3) is 0 Å². The summed E-state index contributed by atoms with van der Waals surface area (Å²) in [6, 6.07) is 7.95. The molecule has 0 saturated carbocycles. The van der Waals surface area contributed by atoms with Crippen molar-refractivity contribution in [1.82, 2.24) is 0 Å². The van der Waals surface area contributed by atoms with Crippen molar-refractivity contribution in [2.24, 2.45) is 5.73 Å². The minimum atomic E-state index is -0.613. The van der Waals surface area contributed by atoms with Gasteiger partial charge in [-0.2, -0.15) is 0 Å². The molecule has 0 fully saturated rings. The molecule has 2 rings (SSSR count). The third-order valence-corrected chi connectivity index (χ3v) is 3.76. The predicted octanol–water partition coefficient (Wildman–Crippen LogP) is 3.71. The second-order valence-corrected chi connectivity index (χ2v) is 5.20. The molecule has 2 aromatic carbocycles. The van der Waals surface area contributed by atoms with Gasteiger partial charge in [0.15, 0.2) is 0 Å². The molecule has 0 bridgehead atoms. The lowest BCUT2D eigenvalue weighted by atomic mass is 10.1. The minimum absolute atomic E-state index is 0.152. The number of benzene rings is 2. The average molecular weight is 307 g/mol. The largest absolute Gasteiger partial charge is 0.320 e. The van der Waals surface area contributed by atoms with Gasteiger partial charge in [-0.25, -0.2) is 13.2 Å². The average Bonchev–Trinajstić information content (AvgIpc) is 2.46. The highest BCUT2D eigenvalue weighted by atomic mass is 32.2. The topological polar surface area (TPSA) is 26.0 Å². The maximum atomic E-state index is 13.5. The van der Waals surface area contributed by atoms with Crippen LogP contribution in [-0.2, 0) is 5.75 Å². The lowest BCUT2D eigenvalue weighted by molar-refractivity contribution is 0.565. The SMILES string of the molecule is NCC#Cc1cc(CSc2ccc(F)cc2F)ccc1F. The molecule has 0 radical (unpaired) electrons. The first-order valence-electron chi connectivity index (χ1n) is 6.15. The smallest absolute Gasteiger partial charge is 0.139 e. The molecular formula is C16H12F3NS. The first-order chi connectivity index (χ1) is 10.1. The molecule has 0 unspecified atom stereocenters. The van der Waals surface area contributed by atoms with Gasteiger partial charge in [0.1, 0.15) is 17.5 Å². The van der Waals surface area contributed by atoms with Gasteiger partial charge in [-0.15, -0.1) is 11.8 Å². The molecule has 0 aliphatic heterocycles. The summed E-state index contributed by atoms with van der Waals surface area (Å²) < 4.78 is 39.8. The number of hydrogen-bond donors (Lipinski definition) is 1. The highest BCUT2D eigenvalue weighted by molar-refractivity contribution is 7.98. The second kappa shape index (κ2) is 7.21. The number of thioether (sulfide) groups is 1. The molecule has 2 aromatic rings. The van der Waals surface area contributed by atoms with Gasteiger partial charge in [0.05, 0.1) is 12.1 Å². The van der Waals surface area contributed by atoms with Crippen molar-refractivity contribution in [2.75, 3.05) is 6.54 Å². The van der Waals surface area contributed by atoms with Gasteiger partial charge < -0.3 is 5.73 Å². The first kappa shape index (κ1) is 15.5.